The van der Waals surface area contributed by atoms with Crippen LogP contribution in [0.1, 0.15) is 5.56 Å². The second-order valence-corrected chi connectivity index (χ2v) is 3.08. The molecule has 0 unspecified atom stereocenters. The van der Waals surface area contributed by atoms with Gasteiger partial charge in [-0.15, -0.1) is 4.36 Å². The van der Waals surface area contributed by atoms with Gasteiger partial charge in [-0.2, -0.15) is 0 Å². The number of benzene rings is 1. The predicted octanol–water partition coefficient (Wildman–Crippen LogP) is 1.17. The Morgan fingerprint density at radius 1 is 1.31 bits per heavy atom. The summed E-state index contributed by atoms with van der Waals surface area (Å²) in [6.45, 7) is -0.0804. The van der Waals surface area contributed by atoms with Gasteiger partial charge in [-0.3, -0.25) is 4.79 Å². The van der Waals surface area contributed by atoms with Crippen LogP contribution in [0, 0.1) is 0 Å². The van der Waals surface area contributed by atoms with Crippen LogP contribution in [-0.2, 0) is 28.6 Å². The molecule has 0 radical (unpaired) electrons. The first kappa shape index (κ1) is 12.3. The number of alkyl carbamates (subject to hydrolysis) is 1. The lowest BCUT2D eigenvalue weighted by molar-refractivity contribution is -0.116. The Morgan fingerprint density at radius 3 is 2.62 bits per heavy atom. The van der Waals surface area contributed by atoms with Crippen molar-refractivity contribution in [3.05, 3.63) is 35.9 Å². The zero-order chi connectivity index (χ0) is 11.8. The summed E-state index contributed by atoms with van der Waals surface area (Å²) in [4.78, 5) is 21.7. The number of amides is 2. The van der Waals surface area contributed by atoms with E-state index < -0.39 is 12.0 Å². The average Bonchev–Trinajstić information content (AvgIpc) is 2.34. The average molecular weight is 238 g/mol. The fourth-order valence-electron chi connectivity index (χ4n) is 0.954. The Labute approximate surface area is 98.0 Å². The first-order chi connectivity index (χ1) is 7.72. The van der Waals surface area contributed by atoms with Crippen LogP contribution in [0.25, 0.3) is 0 Å². The Hall–Kier alpha value is -1.82. The number of ether oxygens (including phenoxy) is 1. The van der Waals surface area contributed by atoms with E-state index in [4.69, 9.17) is 4.74 Å². The third-order valence-corrected chi connectivity index (χ3v) is 1.90. The van der Waals surface area contributed by atoms with Crippen molar-refractivity contribution in [2.45, 2.75) is 6.61 Å². The molecule has 0 saturated carbocycles. The van der Waals surface area contributed by atoms with Crippen molar-refractivity contribution in [1.29, 1.82) is 0 Å². The molecule has 0 aromatic heterocycles. The van der Waals surface area contributed by atoms with Gasteiger partial charge in [-0.05, 0) is 5.56 Å². The van der Waals surface area contributed by atoms with E-state index in [9.17, 15) is 9.59 Å². The highest BCUT2D eigenvalue weighted by molar-refractivity contribution is 7.47. The highest BCUT2D eigenvalue weighted by Gasteiger charge is 2.04. The fraction of sp³-hybridized carbons (Fsp3) is 0.200. The van der Waals surface area contributed by atoms with E-state index >= 15 is 0 Å². The molecule has 0 atom stereocenters. The van der Waals surface area contributed by atoms with Gasteiger partial charge in [0, 0.05) is 12.4 Å². The largest absolute Gasteiger partial charge is 0.445 e. The summed E-state index contributed by atoms with van der Waals surface area (Å²) in [7, 11) is 0. The number of hydrogen-bond acceptors (Lipinski definition) is 4. The van der Waals surface area contributed by atoms with E-state index in [0.717, 1.165) is 5.56 Å². The van der Waals surface area contributed by atoms with Crippen molar-refractivity contribution in [1.82, 2.24) is 5.32 Å². The molecule has 0 aliphatic heterocycles. The smallest absolute Gasteiger partial charge is 0.407 e. The maximum absolute atomic E-state index is 11.1. The van der Waals surface area contributed by atoms with Crippen LogP contribution in [0.3, 0.4) is 0 Å². The van der Waals surface area contributed by atoms with Gasteiger partial charge in [-0.25, -0.2) is 4.79 Å². The molecule has 1 aromatic carbocycles. The van der Waals surface area contributed by atoms with Gasteiger partial charge in [0.25, 0.3) is 5.91 Å². The quantitative estimate of drug-likeness (QED) is 0.855. The normalized spacial score (nSPS) is 9.25. The maximum Gasteiger partial charge on any atom is 0.407 e. The molecule has 0 bridgehead atoms. The van der Waals surface area contributed by atoms with Gasteiger partial charge in [-0.1, -0.05) is 30.3 Å². The van der Waals surface area contributed by atoms with Crippen LogP contribution in [0.15, 0.2) is 34.7 Å². The minimum atomic E-state index is -0.671. The van der Waals surface area contributed by atoms with Crippen molar-refractivity contribution in [3.63, 3.8) is 0 Å². The van der Waals surface area contributed by atoms with Gasteiger partial charge >= 0.3 is 6.09 Å². The molecule has 0 heterocycles. The molecule has 0 aliphatic rings. The third-order valence-electron chi connectivity index (χ3n) is 1.70. The lowest BCUT2D eigenvalue weighted by Gasteiger charge is -2.04. The predicted molar refractivity (Wildman–Crippen MR) is 59.4 cm³/mol. The lowest BCUT2D eigenvalue weighted by atomic mass is 10.2. The zero-order valence-corrected chi connectivity index (χ0v) is 9.20. The molecule has 16 heavy (non-hydrogen) atoms. The molecular weight excluding hydrogens is 228 g/mol. The van der Waals surface area contributed by atoms with Gasteiger partial charge in [0.15, 0.2) is 0 Å². The van der Waals surface area contributed by atoms with E-state index in [2.05, 4.69) is 22.1 Å². The van der Waals surface area contributed by atoms with Crippen LogP contribution in [0.5, 0.6) is 0 Å². The first-order valence-electron chi connectivity index (χ1n) is 4.53. The van der Waals surface area contributed by atoms with Crippen LogP contribution in [0.2, 0.25) is 0 Å². The van der Waals surface area contributed by atoms with Crippen molar-refractivity contribution < 1.29 is 14.3 Å². The minimum absolute atomic E-state index is 0.159. The number of hydrogen-bond donors (Lipinski definition) is 1. The van der Waals surface area contributed by atoms with Crippen LogP contribution >= 0.6 is 0 Å². The molecule has 6 heteroatoms. The highest BCUT2D eigenvalue weighted by Crippen LogP contribution is 2.00. The lowest BCUT2D eigenvalue weighted by Crippen LogP contribution is -2.29. The summed E-state index contributed by atoms with van der Waals surface area (Å²) in [6.07, 6.45) is -0.671. The third kappa shape index (κ3) is 4.61. The standard InChI is InChI=1S/C10H10N2O3S/c13-9(12-16)6-11-10(14)15-7-8-4-2-1-3-5-8/h1-5H,6-7H2,(H,11,14). The molecule has 0 aliphatic carbocycles. The van der Waals surface area contributed by atoms with E-state index in [1.54, 1.807) is 0 Å². The second kappa shape index (κ2) is 6.62. The van der Waals surface area contributed by atoms with E-state index in [0.29, 0.717) is 0 Å². The monoisotopic (exact) mass is 238 g/mol. The van der Waals surface area contributed by atoms with Crippen molar-refractivity contribution in [2.24, 2.45) is 4.36 Å². The number of carbonyl (C=O) groups excluding carboxylic acids is 2. The summed E-state index contributed by atoms with van der Waals surface area (Å²) in [6, 6.07) is 9.22. The molecule has 1 rings (SSSR count). The summed E-state index contributed by atoms with van der Waals surface area (Å²) in [5, 5.41) is 2.23. The maximum atomic E-state index is 11.1. The Balaban J connectivity index is 2.25. The highest BCUT2D eigenvalue weighted by atomic mass is 32.1. The topological polar surface area (TPSA) is 67.8 Å². The van der Waals surface area contributed by atoms with Crippen molar-refractivity contribution >= 4 is 24.4 Å². The summed E-state index contributed by atoms with van der Waals surface area (Å²) < 4.78 is 7.80. The Kier molecular flexibility index (Phi) is 5.07. The first-order valence-corrected chi connectivity index (χ1v) is 4.89. The zero-order valence-electron chi connectivity index (χ0n) is 8.38. The number of nitrogens with zero attached hydrogens (tertiary/aromatic N) is 1. The molecule has 0 saturated heterocycles. The minimum Gasteiger partial charge on any atom is -0.445 e. The molecule has 5 nitrogen and oxygen atoms in total. The second-order valence-electron chi connectivity index (χ2n) is 2.90. The van der Waals surface area contributed by atoms with Crippen LogP contribution < -0.4 is 5.32 Å². The molecule has 1 N–H and O–H groups in total. The van der Waals surface area contributed by atoms with E-state index in [1.165, 1.54) is 0 Å². The molecule has 2 amide bonds. The van der Waals surface area contributed by atoms with Crippen LogP contribution in [-0.4, -0.2) is 18.5 Å². The van der Waals surface area contributed by atoms with Crippen molar-refractivity contribution in [2.75, 3.05) is 6.54 Å². The molecule has 1 aromatic rings. The van der Waals surface area contributed by atoms with Gasteiger partial charge in [0.1, 0.15) is 13.2 Å². The summed E-state index contributed by atoms with van der Waals surface area (Å²) >= 11 is 4.15. The van der Waals surface area contributed by atoms with E-state index in [-0.39, 0.29) is 13.2 Å². The SMILES string of the molecule is O=C(CNC(=O)OCc1ccccc1)N=S. The number of carbonyl (C=O) groups is 2. The van der Waals surface area contributed by atoms with Gasteiger partial charge in [0.05, 0.1) is 0 Å². The Bertz CT molecular complexity index is 381. The van der Waals surface area contributed by atoms with Crippen LogP contribution in [0.4, 0.5) is 4.79 Å². The van der Waals surface area contributed by atoms with Gasteiger partial charge < -0.3 is 10.1 Å². The number of nitrogens with one attached hydrogen (secondary N) is 1. The molecule has 84 valence electrons. The summed E-state index contributed by atoms with van der Waals surface area (Å²) in [5.41, 5.74) is 0.872. The molecule has 0 spiro atoms. The molecular formula is C10H10N2O3S. The Morgan fingerprint density at radius 2 is 2.00 bits per heavy atom. The number of rotatable bonds is 4. The fourth-order valence-corrected chi connectivity index (χ4v) is 1.02. The van der Waals surface area contributed by atoms with Gasteiger partial charge in [0.2, 0.25) is 0 Å². The van der Waals surface area contributed by atoms with Crippen molar-refractivity contribution in [3.8, 4) is 0 Å². The molecule has 0 fully saturated rings. The summed E-state index contributed by atoms with van der Waals surface area (Å²) in [5.74, 6) is -0.577. The van der Waals surface area contributed by atoms with E-state index in [1.807, 2.05) is 30.3 Å².